The molecule has 1 aromatic heterocycles. The molecular formula is C17H17NO4S. The molecule has 1 amide bonds. The van der Waals surface area contributed by atoms with Crippen LogP contribution in [0, 0.1) is 5.92 Å². The summed E-state index contributed by atoms with van der Waals surface area (Å²) in [5, 5.41) is 11.7. The summed E-state index contributed by atoms with van der Waals surface area (Å²) in [5.41, 5.74) is 0.554. The van der Waals surface area contributed by atoms with Crippen molar-refractivity contribution in [1.29, 1.82) is 0 Å². The topological polar surface area (TPSA) is 75.6 Å². The van der Waals surface area contributed by atoms with Gasteiger partial charge in [0.2, 0.25) is 0 Å². The van der Waals surface area contributed by atoms with Gasteiger partial charge in [-0.2, -0.15) is 0 Å². The van der Waals surface area contributed by atoms with Crippen LogP contribution in [-0.4, -0.2) is 23.6 Å². The first-order chi connectivity index (χ1) is 11.1. The molecule has 5 nitrogen and oxygen atoms in total. The van der Waals surface area contributed by atoms with E-state index in [0.717, 1.165) is 28.6 Å². The van der Waals surface area contributed by atoms with Crippen LogP contribution >= 0.6 is 11.3 Å². The van der Waals surface area contributed by atoms with Crippen molar-refractivity contribution in [3.63, 3.8) is 0 Å². The third-order valence-electron chi connectivity index (χ3n) is 3.59. The first kappa shape index (κ1) is 15.6. The van der Waals surface area contributed by atoms with Crippen molar-refractivity contribution in [1.82, 2.24) is 5.32 Å². The van der Waals surface area contributed by atoms with E-state index in [1.165, 1.54) is 12.8 Å². The smallest absolute Gasteiger partial charge is 0.345 e. The highest BCUT2D eigenvalue weighted by Crippen LogP contribution is 2.29. The SMILES string of the molecule is O=C(NCc1ccc(C(=O)O)s1)c1ccc(OCC2CC2)cc1. The van der Waals surface area contributed by atoms with E-state index in [1.807, 2.05) is 0 Å². The Morgan fingerprint density at radius 2 is 1.91 bits per heavy atom. The van der Waals surface area contributed by atoms with Gasteiger partial charge in [0, 0.05) is 10.4 Å². The number of benzene rings is 1. The Morgan fingerprint density at radius 1 is 1.17 bits per heavy atom. The van der Waals surface area contributed by atoms with Gasteiger partial charge in [0.25, 0.3) is 5.91 Å². The molecule has 1 fully saturated rings. The van der Waals surface area contributed by atoms with Crippen LogP contribution in [-0.2, 0) is 6.54 Å². The Kier molecular flexibility index (Phi) is 4.62. The van der Waals surface area contributed by atoms with E-state index >= 15 is 0 Å². The predicted molar refractivity (Wildman–Crippen MR) is 87.1 cm³/mol. The minimum absolute atomic E-state index is 0.191. The predicted octanol–water partition coefficient (Wildman–Crippen LogP) is 3.17. The molecule has 2 N–H and O–H groups in total. The van der Waals surface area contributed by atoms with Gasteiger partial charge in [-0.05, 0) is 55.2 Å². The average molecular weight is 331 g/mol. The van der Waals surface area contributed by atoms with Gasteiger partial charge >= 0.3 is 5.97 Å². The number of hydrogen-bond acceptors (Lipinski definition) is 4. The third kappa shape index (κ3) is 4.32. The number of carboxylic acids is 1. The van der Waals surface area contributed by atoms with Crippen LogP contribution in [0.3, 0.4) is 0 Å². The fourth-order valence-electron chi connectivity index (χ4n) is 2.06. The Balaban J connectivity index is 1.51. The number of rotatable bonds is 7. The molecule has 0 radical (unpaired) electrons. The van der Waals surface area contributed by atoms with Crippen molar-refractivity contribution in [2.24, 2.45) is 5.92 Å². The average Bonchev–Trinajstić information content (AvgIpc) is 3.26. The zero-order valence-electron chi connectivity index (χ0n) is 12.5. The molecule has 0 unspecified atom stereocenters. The highest BCUT2D eigenvalue weighted by atomic mass is 32.1. The monoisotopic (exact) mass is 331 g/mol. The van der Waals surface area contributed by atoms with Gasteiger partial charge in [-0.25, -0.2) is 4.79 Å². The summed E-state index contributed by atoms with van der Waals surface area (Å²) in [7, 11) is 0. The van der Waals surface area contributed by atoms with Gasteiger partial charge in [-0.1, -0.05) is 0 Å². The molecular weight excluding hydrogens is 314 g/mol. The Morgan fingerprint density at radius 3 is 2.52 bits per heavy atom. The minimum Gasteiger partial charge on any atom is -0.493 e. The van der Waals surface area contributed by atoms with E-state index in [9.17, 15) is 9.59 Å². The number of hydrogen-bond donors (Lipinski definition) is 2. The fourth-order valence-corrected chi connectivity index (χ4v) is 2.84. The zero-order valence-corrected chi connectivity index (χ0v) is 13.3. The van der Waals surface area contributed by atoms with Crippen LogP contribution in [0.1, 0.15) is 37.7 Å². The zero-order chi connectivity index (χ0) is 16.2. The summed E-state index contributed by atoms with van der Waals surface area (Å²) in [5.74, 6) is 0.329. The Labute approximate surface area is 137 Å². The van der Waals surface area contributed by atoms with Gasteiger partial charge in [-0.3, -0.25) is 4.79 Å². The van der Waals surface area contributed by atoms with E-state index in [4.69, 9.17) is 9.84 Å². The van der Waals surface area contributed by atoms with Crippen molar-refractivity contribution in [3.8, 4) is 5.75 Å². The highest BCUT2D eigenvalue weighted by Gasteiger charge is 2.21. The van der Waals surface area contributed by atoms with Crippen molar-refractivity contribution in [2.75, 3.05) is 6.61 Å². The molecule has 0 aliphatic heterocycles. The summed E-state index contributed by atoms with van der Waals surface area (Å²) < 4.78 is 5.63. The van der Waals surface area contributed by atoms with Gasteiger partial charge in [0.05, 0.1) is 13.2 Å². The summed E-state index contributed by atoms with van der Waals surface area (Å²) in [4.78, 5) is 24.0. The lowest BCUT2D eigenvalue weighted by atomic mass is 10.2. The van der Waals surface area contributed by atoms with E-state index in [2.05, 4.69) is 5.32 Å². The number of carbonyl (C=O) groups excluding carboxylic acids is 1. The van der Waals surface area contributed by atoms with E-state index in [0.29, 0.717) is 18.0 Å². The van der Waals surface area contributed by atoms with E-state index < -0.39 is 5.97 Å². The maximum Gasteiger partial charge on any atom is 0.345 e. The molecule has 0 spiro atoms. The normalized spacial score (nSPS) is 13.6. The molecule has 0 atom stereocenters. The number of ether oxygens (including phenoxy) is 1. The molecule has 1 aliphatic rings. The lowest BCUT2D eigenvalue weighted by molar-refractivity contribution is 0.0702. The van der Waals surface area contributed by atoms with Crippen molar-refractivity contribution in [3.05, 3.63) is 51.7 Å². The molecule has 1 aromatic carbocycles. The molecule has 120 valence electrons. The molecule has 1 saturated carbocycles. The number of aromatic carboxylic acids is 1. The second-order valence-electron chi connectivity index (χ2n) is 5.53. The number of carbonyl (C=O) groups is 2. The summed E-state index contributed by atoms with van der Waals surface area (Å²) >= 11 is 1.16. The van der Waals surface area contributed by atoms with Crippen molar-refractivity contribution >= 4 is 23.2 Å². The standard InChI is InChI=1S/C17H17NO4S/c19-16(18-9-14-7-8-15(23-14)17(20)21)12-3-5-13(6-4-12)22-10-11-1-2-11/h3-8,11H,1-2,9-10H2,(H,18,19)(H,20,21). The second-order valence-corrected chi connectivity index (χ2v) is 6.70. The van der Waals surface area contributed by atoms with Crippen molar-refractivity contribution < 1.29 is 19.4 Å². The summed E-state index contributed by atoms with van der Waals surface area (Å²) in [6.45, 7) is 1.06. The molecule has 2 aromatic rings. The molecule has 0 bridgehead atoms. The van der Waals surface area contributed by atoms with Gasteiger partial charge in [0.1, 0.15) is 10.6 Å². The van der Waals surface area contributed by atoms with Crippen LogP contribution in [0.5, 0.6) is 5.75 Å². The van der Waals surface area contributed by atoms with Crippen molar-refractivity contribution in [2.45, 2.75) is 19.4 Å². The number of amides is 1. The van der Waals surface area contributed by atoms with Crippen LogP contribution in [0.25, 0.3) is 0 Å². The molecule has 0 saturated heterocycles. The van der Waals surface area contributed by atoms with Crippen LogP contribution in [0.15, 0.2) is 36.4 Å². The molecule has 1 heterocycles. The second kappa shape index (κ2) is 6.83. The lowest BCUT2D eigenvalue weighted by Gasteiger charge is -2.07. The first-order valence-electron chi connectivity index (χ1n) is 7.45. The minimum atomic E-state index is -0.950. The Hall–Kier alpha value is -2.34. The molecule has 6 heteroatoms. The van der Waals surface area contributed by atoms with Crippen LogP contribution in [0.2, 0.25) is 0 Å². The first-order valence-corrected chi connectivity index (χ1v) is 8.26. The van der Waals surface area contributed by atoms with Gasteiger partial charge in [-0.15, -0.1) is 11.3 Å². The summed E-state index contributed by atoms with van der Waals surface area (Å²) in [6.07, 6.45) is 2.49. The maximum atomic E-state index is 12.1. The van der Waals surface area contributed by atoms with Crippen LogP contribution in [0.4, 0.5) is 0 Å². The molecule has 1 aliphatic carbocycles. The quantitative estimate of drug-likeness (QED) is 0.817. The number of carboxylic acid groups (broad SMARTS) is 1. The fraction of sp³-hybridized carbons (Fsp3) is 0.294. The van der Waals surface area contributed by atoms with Crippen LogP contribution < -0.4 is 10.1 Å². The van der Waals surface area contributed by atoms with Gasteiger partial charge < -0.3 is 15.2 Å². The third-order valence-corrected chi connectivity index (χ3v) is 4.67. The van der Waals surface area contributed by atoms with Gasteiger partial charge in [0.15, 0.2) is 0 Å². The molecule has 23 heavy (non-hydrogen) atoms. The van der Waals surface area contributed by atoms with E-state index in [-0.39, 0.29) is 10.8 Å². The maximum absolute atomic E-state index is 12.1. The Bertz CT molecular complexity index is 704. The lowest BCUT2D eigenvalue weighted by Crippen LogP contribution is -2.22. The summed E-state index contributed by atoms with van der Waals surface area (Å²) in [6, 6.07) is 10.3. The largest absolute Gasteiger partial charge is 0.493 e. The number of thiophene rings is 1. The molecule has 3 rings (SSSR count). The number of nitrogens with one attached hydrogen (secondary N) is 1. The highest BCUT2D eigenvalue weighted by molar-refractivity contribution is 7.13. The van der Waals surface area contributed by atoms with E-state index in [1.54, 1.807) is 36.4 Å².